The molecule has 1 aromatic heterocycles. The molecule has 0 radical (unpaired) electrons. The number of thiazole rings is 1. The van der Waals surface area contributed by atoms with E-state index in [4.69, 9.17) is 4.74 Å². The van der Waals surface area contributed by atoms with E-state index in [1.165, 1.54) is 37.3 Å². The lowest BCUT2D eigenvalue weighted by molar-refractivity contribution is -0.114. The zero-order chi connectivity index (χ0) is 19.6. The molecule has 0 unspecified atom stereocenters. The van der Waals surface area contributed by atoms with E-state index in [0.29, 0.717) is 15.9 Å². The molecule has 3 rings (SSSR count). The molecule has 7 nitrogen and oxygen atoms in total. The molecule has 2 aromatic carbocycles. The highest BCUT2D eigenvalue weighted by Crippen LogP contribution is 2.32. The molecule has 0 spiro atoms. The van der Waals surface area contributed by atoms with Crippen LogP contribution in [0.3, 0.4) is 0 Å². The lowest BCUT2D eigenvalue weighted by Gasteiger charge is -2.13. The highest BCUT2D eigenvalue weighted by Gasteiger charge is 2.22. The van der Waals surface area contributed by atoms with Crippen LogP contribution in [0.4, 0.5) is 15.2 Å². The second-order valence-electron chi connectivity index (χ2n) is 5.51. The van der Waals surface area contributed by atoms with Crippen LogP contribution in [0.2, 0.25) is 0 Å². The fraction of sp³-hybridized carbons (Fsp3) is 0.176. The minimum Gasteiger partial charge on any atom is -0.492 e. The number of carbonyl (C=O) groups excluding carboxylic acids is 1. The quantitative estimate of drug-likeness (QED) is 0.648. The van der Waals surface area contributed by atoms with E-state index in [2.05, 4.69) is 15.0 Å². The predicted octanol–water partition coefficient (Wildman–Crippen LogP) is 3.59. The third-order valence-electron chi connectivity index (χ3n) is 3.43. The number of fused-ring (bicyclic) bond motifs is 1. The van der Waals surface area contributed by atoms with Gasteiger partial charge in [0.2, 0.25) is 5.91 Å². The van der Waals surface area contributed by atoms with Crippen molar-refractivity contribution >= 4 is 48.3 Å². The number of aromatic nitrogens is 1. The Morgan fingerprint density at radius 1 is 1.26 bits per heavy atom. The van der Waals surface area contributed by atoms with E-state index >= 15 is 0 Å². The van der Waals surface area contributed by atoms with Gasteiger partial charge in [0.25, 0.3) is 10.0 Å². The number of rotatable bonds is 6. The zero-order valence-corrected chi connectivity index (χ0v) is 16.1. The molecule has 1 heterocycles. The molecule has 27 heavy (non-hydrogen) atoms. The second-order valence-corrected chi connectivity index (χ2v) is 8.19. The van der Waals surface area contributed by atoms with Crippen LogP contribution in [0.1, 0.15) is 13.8 Å². The fourth-order valence-electron chi connectivity index (χ4n) is 2.39. The number of nitrogens with zero attached hydrogens (tertiary/aromatic N) is 1. The third-order valence-corrected chi connectivity index (χ3v) is 5.85. The van der Waals surface area contributed by atoms with Crippen molar-refractivity contribution in [2.24, 2.45) is 0 Å². The summed E-state index contributed by atoms with van der Waals surface area (Å²) >= 11 is 1.02. The van der Waals surface area contributed by atoms with Gasteiger partial charge in [-0.2, -0.15) is 0 Å². The number of sulfonamides is 1. The zero-order valence-electron chi connectivity index (χ0n) is 14.4. The smallest absolute Gasteiger partial charge is 0.267 e. The van der Waals surface area contributed by atoms with Crippen LogP contribution in [0.15, 0.2) is 41.3 Å². The summed E-state index contributed by atoms with van der Waals surface area (Å²) in [6, 6.07) is 8.34. The van der Waals surface area contributed by atoms with Gasteiger partial charge < -0.3 is 10.1 Å². The maximum Gasteiger partial charge on any atom is 0.267 e. The molecule has 142 valence electrons. The first kappa shape index (κ1) is 19.1. The average Bonchev–Trinajstić information content (AvgIpc) is 2.96. The molecule has 0 saturated heterocycles. The summed E-state index contributed by atoms with van der Waals surface area (Å²) in [5.41, 5.74) is 0.800. The number of carbonyl (C=O) groups is 1. The van der Waals surface area contributed by atoms with Crippen molar-refractivity contribution in [3.63, 3.8) is 0 Å². The van der Waals surface area contributed by atoms with Gasteiger partial charge in [-0.25, -0.2) is 17.8 Å². The lowest BCUT2D eigenvalue weighted by atomic mass is 10.3. The number of hydrogen-bond donors (Lipinski definition) is 2. The van der Waals surface area contributed by atoms with Crippen LogP contribution < -0.4 is 14.8 Å². The molecule has 0 aliphatic carbocycles. The fourth-order valence-corrected chi connectivity index (χ4v) is 4.68. The van der Waals surface area contributed by atoms with Gasteiger partial charge in [-0.3, -0.25) is 9.52 Å². The van der Waals surface area contributed by atoms with E-state index in [1.54, 1.807) is 13.0 Å². The van der Waals surface area contributed by atoms with E-state index in [0.717, 1.165) is 11.3 Å². The molecular formula is C17H16FN3O4S2. The molecule has 0 aliphatic rings. The van der Waals surface area contributed by atoms with Crippen molar-refractivity contribution in [3.8, 4) is 5.75 Å². The number of nitrogens with one attached hydrogen (secondary N) is 2. The molecular weight excluding hydrogens is 393 g/mol. The summed E-state index contributed by atoms with van der Waals surface area (Å²) < 4.78 is 47.4. The Morgan fingerprint density at radius 3 is 2.74 bits per heavy atom. The van der Waals surface area contributed by atoms with Crippen molar-refractivity contribution < 1.29 is 22.3 Å². The van der Waals surface area contributed by atoms with Gasteiger partial charge in [0.1, 0.15) is 16.5 Å². The first-order valence-electron chi connectivity index (χ1n) is 7.92. The van der Waals surface area contributed by atoms with Crippen LogP contribution in [0.5, 0.6) is 5.75 Å². The van der Waals surface area contributed by atoms with Crippen LogP contribution in [0.25, 0.3) is 10.2 Å². The van der Waals surface area contributed by atoms with Crippen molar-refractivity contribution in [3.05, 3.63) is 42.2 Å². The molecule has 0 fully saturated rings. The summed E-state index contributed by atoms with van der Waals surface area (Å²) in [4.78, 5) is 15.3. The Bertz CT molecular complexity index is 1110. The number of hydrogen-bond acceptors (Lipinski definition) is 6. The minimum absolute atomic E-state index is 0.1000. The Morgan fingerprint density at radius 2 is 2.04 bits per heavy atom. The summed E-state index contributed by atoms with van der Waals surface area (Å²) in [6.45, 7) is 3.32. The summed E-state index contributed by atoms with van der Waals surface area (Å²) in [5, 5.41) is 2.64. The number of anilines is 2. The van der Waals surface area contributed by atoms with Gasteiger partial charge in [-0.15, -0.1) is 0 Å². The second kappa shape index (κ2) is 7.49. The third kappa shape index (κ3) is 4.34. The van der Waals surface area contributed by atoms with Gasteiger partial charge in [0.15, 0.2) is 5.13 Å². The van der Waals surface area contributed by atoms with E-state index in [1.807, 2.05) is 0 Å². The minimum atomic E-state index is -4.05. The average molecular weight is 409 g/mol. The van der Waals surface area contributed by atoms with Gasteiger partial charge in [-0.1, -0.05) is 11.3 Å². The van der Waals surface area contributed by atoms with Gasteiger partial charge in [0.05, 0.1) is 16.8 Å². The molecule has 2 N–H and O–H groups in total. The molecule has 0 aliphatic heterocycles. The van der Waals surface area contributed by atoms with E-state index in [-0.39, 0.29) is 28.3 Å². The molecule has 0 bridgehead atoms. The van der Waals surface area contributed by atoms with Crippen molar-refractivity contribution in [2.45, 2.75) is 18.7 Å². The highest BCUT2D eigenvalue weighted by atomic mass is 32.2. The molecule has 1 amide bonds. The van der Waals surface area contributed by atoms with Gasteiger partial charge >= 0.3 is 0 Å². The van der Waals surface area contributed by atoms with Crippen LogP contribution in [-0.4, -0.2) is 25.9 Å². The van der Waals surface area contributed by atoms with E-state index in [9.17, 15) is 17.6 Å². The lowest BCUT2D eigenvalue weighted by Crippen LogP contribution is -2.15. The molecule has 0 saturated carbocycles. The Hall–Kier alpha value is -2.72. The summed E-state index contributed by atoms with van der Waals surface area (Å²) in [5.74, 6) is -0.614. The number of ether oxygens (including phenoxy) is 1. The molecule has 0 atom stereocenters. The van der Waals surface area contributed by atoms with Crippen molar-refractivity contribution in [1.82, 2.24) is 4.98 Å². The number of halogens is 1. The Labute approximate surface area is 159 Å². The normalized spacial score (nSPS) is 11.4. The van der Waals surface area contributed by atoms with Crippen LogP contribution >= 0.6 is 11.3 Å². The van der Waals surface area contributed by atoms with Crippen LogP contribution in [0, 0.1) is 5.82 Å². The summed E-state index contributed by atoms with van der Waals surface area (Å²) in [7, 11) is -4.05. The Kier molecular flexibility index (Phi) is 5.29. The van der Waals surface area contributed by atoms with Crippen molar-refractivity contribution in [2.75, 3.05) is 16.6 Å². The highest BCUT2D eigenvalue weighted by molar-refractivity contribution is 7.93. The molecule has 3 aromatic rings. The first-order chi connectivity index (χ1) is 12.8. The van der Waals surface area contributed by atoms with Crippen molar-refractivity contribution in [1.29, 1.82) is 0 Å². The SMILES string of the molecule is CCOc1ccc(NC(C)=O)cc1S(=O)(=O)Nc1nc2ccc(F)cc2s1. The van der Waals surface area contributed by atoms with Gasteiger partial charge in [-0.05, 0) is 43.3 Å². The molecule has 10 heteroatoms. The van der Waals surface area contributed by atoms with Crippen LogP contribution in [-0.2, 0) is 14.8 Å². The monoisotopic (exact) mass is 409 g/mol. The largest absolute Gasteiger partial charge is 0.492 e. The topological polar surface area (TPSA) is 97.4 Å². The standard InChI is InChI=1S/C17H16FN3O4S2/c1-3-25-14-7-5-12(19-10(2)22)9-16(14)27(23,24)21-17-20-13-6-4-11(18)8-15(13)26-17/h4-9H,3H2,1-2H3,(H,19,22)(H,20,21). The Balaban J connectivity index is 1.99. The summed E-state index contributed by atoms with van der Waals surface area (Å²) in [6.07, 6.45) is 0. The predicted molar refractivity (Wildman–Crippen MR) is 102 cm³/mol. The van der Waals surface area contributed by atoms with E-state index < -0.39 is 15.8 Å². The van der Waals surface area contributed by atoms with Gasteiger partial charge in [0, 0.05) is 12.6 Å². The maximum absolute atomic E-state index is 13.3. The number of amides is 1. The number of benzene rings is 2. The first-order valence-corrected chi connectivity index (χ1v) is 10.2. The maximum atomic E-state index is 13.3.